The molecular formula is C21H28N2O6S2. The number of benzene rings is 2. The summed E-state index contributed by atoms with van der Waals surface area (Å²) in [7, 11) is -5.83. The monoisotopic (exact) mass is 468 g/mol. The summed E-state index contributed by atoms with van der Waals surface area (Å²) in [5.74, 6) is 0.930. The normalized spacial score (nSPS) is 16.1. The van der Waals surface area contributed by atoms with E-state index in [2.05, 4.69) is 4.72 Å². The molecule has 31 heavy (non-hydrogen) atoms. The summed E-state index contributed by atoms with van der Waals surface area (Å²) < 4.78 is 65.8. The molecule has 0 saturated carbocycles. The van der Waals surface area contributed by atoms with E-state index in [1.54, 1.807) is 20.1 Å². The van der Waals surface area contributed by atoms with Crippen LogP contribution >= 0.6 is 0 Å². The van der Waals surface area contributed by atoms with Gasteiger partial charge < -0.3 is 9.47 Å². The standard InChI is InChI=1S/C21H28N2O6S2/c1-3-29-20-11-10-18(23-14-6-7-15-30(23,24)25)16-21(20)31(26,27)22-13-12-17-8-4-5-9-19(17)28-2/h4-5,8-11,16,22H,3,6-7,12-15H2,1-2H3. The minimum absolute atomic E-state index is 0.0550. The summed E-state index contributed by atoms with van der Waals surface area (Å²) >= 11 is 0. The third kappa shape index (κ3) is 5.50. The predicted molar refractivity (Wildman–Crippen MR) is 120 cm³/mol. The predicted octanol–water partition coefficient (Wildman–Crippen LogP) is 2.54. The van der Waals surface area contributed by atoms with Gasteiger partial charge in [-0.3, -0.25) is 4.31 Å². The number of nitrogens with zero attached hydrogens (tertiary/aromatic N) is 1. The topological polar surface area (TPSA) is 102 Å². The van der Waals surface area contributed by atoms with Crippen molar-refractivity contribution in [3.8, 4) is 11.5 Å². The minimum atomic E-state index is -3.94. The molecule has 170 valence electrons. The molecule has 1 aliphatic rings. The Kier molecular flexibility index (Phi) is 7.45. The van der Waals surface area contributed by atoms with E-state index in [9.17, 15) is 16.8 Å². The molecule has 0 atom stereocenters. The second kappa shape index (κ2) is 9.88. The Morgan fingerprint density at radius 1 is 1.10 bits per heavy atom. The smallest absolute Gasteiger partial charge is 0.244 e. The summed E-state index contributed by atoms with van der Waals surface area (Å²) in [6, 6.07) is 11.9. The van der Waals surface area contributed by atoms with Crippen LogP contribution in [0.25, 0.3) is 0 Å². The first-order chi connectivity index (χ1) is 14.8. The van der Waals surface area contributed by atoms with E-state index < -0.39 is 20.0 Å². The average Bonchev–Trinajstić information content (AvgIpc) is 2.74. The number of sulfonamides is 2. The van der Waals surface area contributed by atoms with Gasteiger partial charge in [0.05, 0.1) is 25.2 Å². The molecular weight excluding hydrogens is 440 g/mol. The van der Waals surface area contributed by atoms with Gasteiger partial charge in [-0.15, -0.1) is 0 Å². The molecule has 0 unspecified atom stereocenters. The van der Waals surface area contributed by atoms with Gasteiger partial charge in [0.25, 0.3) is 0 Å². The van der Waals surface area contributed by atoms with Crippen molar-refractivity contribution < 1.29 is 26.3 Å². The van der Waals surface area contributed by atoms with Crippen LogP contribution in [0.2, 0.25) is 0 Å². The van der Waals surface area contributed by atoms with Crippen molar-refractivity contribution in [3.05, 3.63) is 48.0 Å². The number of methoxy groups -OCH3 is 1. The molecule has 1 saturated heterocycles. The number of anilines is 1. The zero-order chi connectivity index (χ0) is 22.5. The molecule has 0 bridgehead atoms. The lowest BCUT2D eigenvalue weighted by Gasteiger charge is -2.28. The SMILES string of the molecule is CCOc1ccc(N2CCCCS2(=O)=O)cc1S(=O)(=O)NCCc1ccccc1OC. The van der Waals surface area contributed by atoms with Crippen molar-refractivity contribution in [1.29, 1.82) is 0 Å². The first-order valence-electron chi connectivity index (χ1n) is 10.2. The summed E-state index contributed by atoms with van der Waals surface area (Å²) in [5, 5.41) is 0. The molecule has 2 aromatic carbocycles. The van der Waals surface area contributed by atoms with Gasteiger partial charge in [-0.05, 0) is 56.0 Å². The maximum absolute atomic E-state index is 13.1. The molecule has 3 rings (SSSR count). The first kappa shape index (κ1) is 23.4. The van der Waals surface area contributed by atoms with Crippen LogP contribution in [0.3, 0.4) is 0 Å². The maximum Gasteiger partial charge on any atom is 0.244 e. The van der Waals surface area contributed by atoms with Gasteiger partial charge in [0.15, 0.2) is 0 Å². The zero-order valence-corrected chi connectivity index (χ0v) is 19.3. The van der Waals surface area contributed by atoms with Crippen molar-refractivity contribution >= 4 is 25.7 Å². The van der Waals surface area contributed by atoms with Crippen LogP contribution in [0, 0.1) is 0 Å². The highest BCUT2D eigenvalue weighted by atomic mass is 32.2. The first-order valence-corrected chi connectivity index (χ1v) is 13.3. The molecule has 2 aromatic rings. The third-order valence-corrected chi connectivity index (χ3v) is 8.38. The average molecular weight is 469 g/mol. The van der Waals surface area contributed by atoms with Crippen LogP contribution in [0.5, 0.6) is 11.5 Å². The van der Waals surface area contributed by atoms with Crippen LogP contribution in [0.4, 0.5) is 5.69 Å². The molecule has 1 aliphatic heterocycles. The number of para-hydroxylation sites is 1. The van der Waals surface area contributed by atoms with E-state index in [1.807, 2.05) is 24.3 Å². The van der Waals surface area contributed by atoms with Gasteiger partial charge in [-0.25, -0.2) is 21.6 Å². The quantitative estimate of drug-likeness (QED) is 0.607. The molecule has 0 radical (unpaired) electrons. The Balaban J connectivity index is 1.85. The number of rotatable bonds is 9. The van der Waals surface area contributed by atoms with Crippen LogP contribution in [-0.4, -0.2) is 49.4 Å². The lowest BCUT2D eigenvalue weighted by atomic mass is 10.1. The third-order valence-electron chi connectivity index (χ3n) is 5.03. The van der Waals surface area contributed by atoms with Crippen LogP contribution in [0.1, 0.15) is 25.3 Å². The van der Waals surface area contributed by atoms with E-state index in [4.69, 9.17) is 9.47 Å². The Hall–Kier alpha value is -2.30. The molecule has 10 heteroatoms. The number of hydrogen-bond acceptors (Lipinski definition) is 6. The number of hydrogen-bond donors (Lipinski definition) is 1. The van der Waals surface area contributed by atoms with Gasteiger partial charge in [0.1, 0.15) is 16.4 Å². The highest BCUT2D eigenvalue weighted by Crippen LogP contribution is 2.32. The summed E-state index contributed by atoms with van der Waals surface area (Å²) in [6.07, 6.45) is 1.77. The Morgan fingerprint density at radius 3 is 2.58 bits per heavy atom. The number of ether oxygens (including phenoxy) is 2. The van der Waals surface area contributed by atoms with E-state index in [1.165, 1.54) is 16.4 Å². The second-order valence-electron chi connectivity index (χ2n) is 7.12. The summed E-state index contributed by atoms with van der Waals surface area (Å²) in [4.78, 5) is -0.0762. The van der Waals surface area contributed by atoms with Crippen molar-refractivity contribution in [2.75, 3.05) is 36.9 Å². The van der Waals surface area contributed by atoms with E-state index in [-0.39, 0.29) is 29.5 Å². The Bertz CT molecular complexity index is 1120. The second-order valence-corrected chi connectivity index (χ2v) is 10.9. The van der Waals surface area contributed by atoms with Crippen molar-refractivity contribution in [2.24, 2.45) is 0 Å². The van der Waals surface area contributed by atoms with Crippen LogP contribution in [0.15, 0.2) is 47.4 Å². The van der Waals surface area contributed by atoms with Crippen molar-refractivity contribution in [2.45, 2.75) is 31.1 Å². The fourth-order valence-corrected chi connectivity index (χ4v) is 6.35. The van der Waals surface area contributed by atoms with Gasteiger partial charge >= 0.3 is 0 Å². The minimum Gasteiger partial charge on any atom is -0.496 e. The summed E-state index contributed by atoms with van der Waals surface area (Å²) in [6.45, 7) is 2.52. The molecule has 0 aliphatic carbocycles. The summed E-state index contributed by atoms with van der Waals surface area (Å²) in [5.41, 5.74) is 1.21. The van der Waals surface area contributed by atoms with Crippen LogP contribution in [-0.2, 0) is 26.5 Å². The largest absolute Gasteiger partial charge is 0.496 e. The van der Waals surface area contributed by atoms with Gasteiger partial charge in [-0.2, -0.15) is 0 Å². The van der Waals surface area contributed by atoms with Gasteiger partial charge in [-0.1, -0.05) is 18.2 Å². The maximum atomic E-state index is 13.1. The molecule has 1 N–H and O–H groups in total. The Labute approximate surface area is 184 Å². The van der Waals surface area contributed by atoms with Crippen molar-refractivity contribution in [1.82, 2.24) is 4.72 Å². The lowest BCUT2D eigenvalue weighted by molar-refractivity contribution is 0.331. The Morgan fingerprint density at radius 2 is 1.87 bits per heavy atom. The molecule has 0 amide bonds. The lowest BCUT2D eigenvalue weighted by Crippen LogP contribution is -2.38. The van der Waals surface area contributed by atoms with Crippen molar-refractivity contribution in [3.63, 3.8) is 0 Å². The zero-order valence-electron chi connectivity index (χ0n) is 17.7. The number of nitrogens with one attached hydrogen (secondary N) is 1. The molecule has 0 aromatic heterocycles. The van der Waals surface area contributed by atoms with E-state index in [0.29, 0.717) is 30.8 Å². The van der Waals surface area contributed by atoms with E-state index in [0.717, 1.165) is 12.0 Å². The van der Waals surface area contributed by atoms with Gasteiger partial charge in [0, 0.05) is 13.1 Å². The molecule has 8 nitrogen and oxygen atoms in total. The molecule has 1 heterocycles. The molecule has 1 fully saturated rings. The fraction of sp³-hybridized carbons (Fsp3) is 0.429. The van der Waals surface area contributed by atoms with Crippen LogP contribution < -0.4 is 18.5 Å². The fourth-order valence-electron chi connectivity index (χ4n) is 3.52. The molecule has 0 spiro atoms. The van der Waals surface area contributed by atoms with E-state index >= 15 is 0 Å². The van der Waals surface area contributed by atoms with Gasteiger partial charge in [0.2, 0.25) is 20.0 Å². The highest BCUT2D eigenvalue weighted by molar-refractivity contribution is 7.92. The highest BCUT2D eigenvalue weighted by Gasteiger charge is 2.28.